The minimum Gasteiger partial charge on any atom is -0.397 e. The average Bonchev–Trinajstić information content (AvgIpc) is 2.20. The monoisotopic (exact) mass is 216 g/mol. The zero-order valence-corrected chi connectivity index (χ0v) is 8.57. The van der Waals surface area contributed by atoms with Crippen molar-refractivity contribution in [3.63, 3.8) is 0 Å². The average molecular weight is 217 g/mol. The molecule has 0 fully saturated rings. The van der Waals surface area contributed by atoms with E-state index >= 15 is 0 Å². The molecule has 2 unspecified atom stereocenters. The lowest BCUT2D eigenvalue weighted by Crippen LogP contribution is -2.20. The van der Waals surface area contributed by atoms with Crippen molar-refractivity contribution < 1.29 is 10.2 Å². The van der Waals surface area contributed by atoms with Crippen LogP contribution in [0.4, 0.5) is 5.69 Å². The van der Waals surface area contributed by atoms with Crippen LogP contribution in [0.5, 0.6) is 0 Å². The molecule has 2 atom stereocenters. The van der Waals surface area contributed by atoms with E-state index in [1.165, 1.54) is 6.20 Å². The fourth-order valence-electron chi connectivity index (χ4n) is 1.04. The van der Waals surface area contributed by atoms with Crippen molar-refractivity contribution in [1.29, 1.82) is 0 Å². The summed E-state index contributed by atoms with van der Waals surface area (Å²) in [6, 6.07) is 1.59. The number of alkyl halides is 1. The zero-order valence-electron chi connectivity index (χ0n) is 7.81. The largest absolute Gasteiger partial charge is 0.397 e. The van der Waals surface area contributed by atoms with Gasteiger partial charge in [0.2, 0.25) is 0 Å². The summed E-state index contributed by atoms with van der Waals surface area (Å²) in [6.07, 6.45) is -0.560. The lowest BCUT2D eigenvalue weighted by atomic mass is 10.1. The van der Waals surface area contributed by atoms with Crippen LogP contribution in [0.1, 0.15) is 17.4 Å². The molecule has 0 saturated carbocycles. The van der Waals surface area contributed by atoms with Gasteiger partial charge in [-0.3, -0.25) is 4.98 Å². The zero-order chi connectivity index (χ0) is 10.7. The van der Waals surface area contributed by atoms with E-state index in [1.54, 1.807) is 13.0 Å². The Morgan fingerprint density at radius 3 is 2.71 bits per heavy atom. The van der Waals surface area contributed by atoms with E-state index in [-0.39, 0.29) is 5.88 Å². The van der Waals surface area contributed by atoms with Gasteiger partial charge in [0.15, 0.2) is 0 Å². The summed E-state index contributed by atoms with van der Waals surface area (Å²) < 4.78 is 0. The molecular formula is C9H13ClN2O2. The molecule has 1 aromatic heterocycles. The first-order valence-electron chi connectivity index (χ1n) is 4.20. The van der Waals surface area contributed by atoms with Gasteiger partial charge in [0.25, 0.3) is 0 Å². The number of pyridine rings is 1. The molecule has 1 heterocycles. The van der Waals surface area contributed by atoms with Crippen LogP contribution in [0, 0.1) is 6.92 Å². The van der Waals surface area contributed by atoms with E-state index in [4.69, 9.17) is 17.3 Å². The molecule has 0 aromatic carbocycles. The minimum atomic E-state index is -1.04. The Hall–Kier alpha value is -0.840. The van der Waals surface area contributed by atoms with Gasteiger partial charge >= 0.3 is 0 Å². The number of anilines is 1. The van der Waals surface area contributed by atoms with Gasteiger partial charge in [0.1, 0.15) is 6.10 Å². The van der Waals surface area contributed by atoms with Crippen LogP contribution in [0.2, 0.25) is 0 Å². The second kappa shape index (κ2) is 4.59. The highest BCUT2D eigenvalue weighted by molar-refractivity contribution is 6.18. The third-order valence-corrected chi connectivity index (χ3v) is 2.33. The molecule has 0 aliphatic carbocycles. The van der Waals surface area contributed by atoms with Gasteiger partial charge in [-0.1, -0.05) is 0 Å². The lowest BCUT2D eigenvalue weighted by molar-refractivity contribution is 0.0325. The van der Waals surface area contributed by atoms with Gasteiger partial charge in [-0.15, -0.1) is 11.6 Å². The summed E-state index contributed by atoms with van der Waals surface area (Å²) in [5, 5.41) is 18.9. The van der Waals surface area contributed by atoms with E-state index in [0.29, 0.717) is 16.9 Å². The Labute approximate surface area is 87.3 Å². The number of nitrogen functional groups attached to an aromatic ring is 1. The number of aryl methyl sites for hydroxylation is 1. The Morgan fingerprint density at radius 2 is 2.21 bits per heavy atom. The molecular weight excluding hydrogens is 204 g/mol. The molecule has 0 saturated heterocycles. The maximum atomic E-state index is 9.57. The summed E-state index contributed by atoms with van der Waals surface area (Å²) in [4.78, 5) is 3.98. The van der Waals surface area contributed by atoms with Gasteiger partial charge in [-0.2, -0.15) is 0 Å². The lowest BCUT2D eigenvalue weighted by Gasteiger charge is -2.15. The third kappa shape index (κ3) is 2.35. The van der Waals surface area contributed by atoms with E-state index < -0.39 is 12.2 Å². The third-order valence-electron chi connectivity index (χ3n) is 2.01. The van der Waals surface area contributed by atoms with Crippen LogP contribution in [0.15, 0.2) is 12.3 Å². The van der Waals surface area contributed by atoms with Crippen molar-refractivity contribution in [2.45, 2.75) is 19.1 Å². The first kappa shape index (κ1) is 11.2. The SMILES string of the molecule is Cc1ncc(C(O)C(O)CCl)cc1N. The quantitative estimate of drug-likeness (QED) is 0.647. The molecule has 0 amide bonds. The van der Waals surface area contributed by atoms with Crippen LogP contribution < -0.4 is 5.73 Å². The van der Waals surface area contributed by atoms with Crippen LogP contribution in [-0.2, 0) is 0 Å². The normalized spacial score (nSPS) is 15.1. The molecule has 78 valence electrons. The molecule has 0 radical (unpaired) electrons. The standard InChI is InChI=1S/C9H13ClN2O2/c1-5-7(11)2-6(4-12-5)9(14)8(13)3-10/h2,4,8-9,13-14H,3,11H2,1H3. The second-order valence-electron chi connectivity index (χ2n) is 3.11. The van der Waals surface area contributed by atoms with Crippen LogP contribution in [0.25, 0.3) is 0 Å². The van der Waals surface area contributed by atoms with Gasteiger partial charge in [0, 0.05) is 11.8 Å². The predicted molar refractivity (Wildman–Crippen MR) is 55.1 cm³/mol. The fraction of sp³-hybridized carbons (Fsp3) is 0.444. The highest BCUT2D eigenvalue weighted by Gasteiger charge is 2.18. The summed E-state index contributed by atoms with van der Waals surface area (Å²) in [7, 11) is 0. The number of hydrogen-bond acceptors (Lipinski definition) is 4. The van der Waals surface area contributed by atoms with Crippen molar-refractivity contribution in [2.75, 3.05) is 11.6 Å². The Kier molecular flexibility index (Phi) is 3.69. The molecule has 0 spiro atoms. The van der Waals surface area contributed by atoms with Crippen molar-refractivity contribution in [3.8, 4) is 0 Å². The van der Waals surface area contributed by atoms with Gasteiger partial charge < -0.3 is 15.9 Å². The Bertz CT molecular complexity index is 320. The molecule has 0 bridgehead atoms. The molecule has 5 heteroatoms. The summed E-state index contributed by atoms with van der Waals surface area (Å²) in [5.74, 6) is -0.0328. The molecule has 1 rings (SSSR count). The molecule has 0 aliphatic rings. The van der Waals surface area contributed by atoms with Gasteiger partial charge in [-0.25, -0.2) is 0 Å². The maximum Gasteiger partial charge on any atom is 0.108 e. The predicted octanol–water partition coefficient (Wildman–Crippen LogP) is 0.605. The number of rotatable bonds is 3. The van der Waals surface area contributed by atoms with Crippen LogP contribution >= 0.6 is 11.6 Å². The van der Waals surface area contributed by atoms with Crippen LogP contribution in [0.3, 0.4) is 0 Å². The molecule has 4 N–H and O–H groups in total. The topological polar surface area (TPSA) is 79.4 Å². The van der Waals surface area contributed by atoms with Crippen molar-refractivity contribution >= 4 is 17.3 Å². The number of nitrogens with zero attached hydrogens (tertiary/aromatic N) is 1. The first-order valence-corrected chi connectivity index (χ1v) is 4.73. The molecule has 4 nitrogen and oxygen atoms in total. The molecule has 1 aromatic rings. The number of hydrogen-bond donors (Lipinski definition) is 3. The summed E-state index contributed by atoms with van der Waals surface area (Å²) >= 11 is 5.41. The van der Waals surface area contributed by atoms with Gasteiger partial charge in [0.05, 0.1) is 23.4 Å². The summed E-state index contributed by atoms with van der Waals surface area (Å²) in [6.45, 7) is 1.77. The fourth-order valence-corrected chi connectivity index (χ4v) is 1.20. The molecule has 0 aliphatic heterocycles. The smallest absolute Gasteiger partial charge is 0.108 e. The number of aliphatic hydroxyl groups is 2. The minimum absolute atomic E-state index is 0.0328. The highest BCUT2D eigenvalue weighted by Crippen LogP contribution is 2.20. The van der Waals surface area contributed by atoms with E-state index in [9.17, 15) is 10.2 Å². The Balaban J connectivity index is 2.91. The maximum absolute atomic E-state index is 9.57. The van der Waals surface area contributed by atoms with E-state index in [1.807, 2.05) is 0 Å². The highest BCUT2D eigenvalue weighted by atomic mass is 35.5. The number of halogens is 1. The number of aromatic nitrogens is 1. The van der Waals surface area contributed by atoms with Crippen molar-refractivity contribution in [1.82, 2.24) is 4.98 Å². The van der Waals surface area contributed by atoms with E-state index in [2.05, 4.69) is 4.98 Å². The Morgan fingerprint density at radius 1 is 1.57 bits per heavy atom. The second-order valence-corrected chi connectivity index (χ2v) is 3.42. The first-order chi connectivity index (χ1) is 6.56. The number of aliphatic hydroxyl groups excluding tert-OH is 2. The van der Waals surface area contributed by atoms with Crippen molar-refractivity contribution in [2.24, 2.45) is 0 Å². The van der Waals surface area contributed by atoms with Gasteiger partial charge in [-0.05, 0) is 13.0 Å². The van der Waals surface area contributed by atoms with E-state index in [0.717, 1.165) is 0 Å². The molecule has 14 heavy (non-hydrogen) atoms. The van der Waals surface area contributed by atoms with Crippen molar-refractivity contribution in [3.05, 3.63) is 23.5 Å². The summed E-state index contributed by atoms with van der Waals surface area (Å²) in [5.41, 5.74) is 7.27. The number of nitrogens with two attached hydrogens (primary N) is 1. The van der Waals surface area contributed by atoms with Crippen LogP contribution in [-0.4, -0.2) is 27.2 Å².